The highest BCUT2D eigenvalue weighted by Gasteiger charge is 2.16. The number of nitrogens with zero attached hydrogens (tertiary/aromatic N) is 4. The van der Waals surface area contributed by atoms with Crippen LogP contribution in [-0.2, 0) is 11.3 Å². The summed E-state index contributed by atoms with van der Waals surface area (Å²) in [5, 5.41) is 12.4. The Morgan fingerprint density at radius 1 is 1.03 bits per heavy atom. The second-order valence-electron chi connectivity index (χ2n) is 7.27. The summed E-state index contributed by atoms with van der Waals surface area (Å²) in [7, 11) is 0. The summed E-state index contributed by atoms with van der Waals surface area (Å²) in [6.07, 6.45) is 3.50. The number of aromatic nitrogens is 4. The minimum absolute atomic E-state index is 0.0749. The second kappa shape index (κ2) is 9.57. The van der Waals surface area contributed by atoms with Crippen molar-refractivity contribution >= 4 is 23.4 Å². The zero-order chi connectivity index (χ0) is 21.6. The Bertz CT molecular complexity index is 1180. The predicted octanol–water partition coefficient (Wildman–Crippen LogP) is 4.74. The maximum atomic E-state index is 12.6. The Balaban J connectivity index is 1.53. The lowest BCUT2D eigenvalue weighted by Crippen LogP contribution is -2.15. The minimum Gasteiger partial charge on any atom is -0.325 e. The molecule has 2 aromatic carbocycles. The number of hydrogen-bond donors (Lipinski definition) is 1. The molecule has 4 rings (SSSR count). The number of aryl methyl sites for hydroxylation is 2. The van der Waals surface area contributed by atoms with Crippen molar-refractivity contribution in [2.75, 3.05) is 11.1 Å². The van der Waals surface area contributed by atoms with Gasteiger partial charge in [-0.3, -0.25) is 14.3 Å². The fraction of sp³-hybridized carbons (Fsp3) is 0.167. The second-order valence-corrected chi connectivity index (χ2v) is 8.22. The van der Waals surface area contributed by atoms with Crippen LogP contribution in [0.3, 0.4) is 0 Å². The van der Waals surface area contributed by atoms with Crippen LogP contribution in [-0.4, -0.2) is 31.4 Å². The maximum absolute atomic E-state index is 12.6. The molecule has 2 heterocycles. The van der Waals surface area contributed by atoms with Crippen LogP contribution in [0.1, 0.15) is 16.7 Å². The number of carbonyl (C=O) groups is 1. The zero-order valence-corrected chi connectivity index (χ0v) is 18.3. The summed E-state index contributed by atoms with van der Waals surface area (Å²) in [5.41, 5.74) is 5.07. The monoisotopic (exact) mass is 429 g/mol. The molecule has 1 amide bonds. The molecular formula is C24H23N5OS. The number of carbonyl (C=O) groups excluding carboxylic acids is 1. The molecule has 4 aromatic rings. The Morgan fingerprint density at radius 3 is 2.61 bits per heavy atom. The number of anilines is 1. The van der Waals surface area contributed by atoms with Gasteiger partial charge in [-0.25, -0.2) is 0 Å². The van der Waals surface area contributed by atoms with Gasteiger partial charge in [-0.2, -0.15) is 0 Å². The number of pyridine rings is 1. The molecule has 0 aliphatic carbocycles. The molecule has 0 saturated heterocycles. The van der Waals surface area contributed by atoms with Crippen LogP contribution in [0.15, 0.2) is 78.2 Å². The first kappa shape index (κ1) is 20.8. The number of nitrogens with one attached hydrogen (secondary N) is 1. The third-order valence-electron chi connectivity index (χ3n) is 4.81. The largest absolute Gasteiger partial charge is 0.325 e. The van der Waals surface area contributed by atoms with Gasteiger partial charge in [-0.05, 0) is 43.2 Å². The molecule has 6 nitrogen and oxygen atoms in total. The van der Waals surface area contributed by atoms with E-state index in [9.17, 15) is 4.79 Å². The van der Waals surface area contributed by atoms with E-state index in [4.69, 9.17) is 0 Å². The van der Waals surface area contributed by atoms with Gasteiger partial charge in [-0.1, -0.05) is 59.8 Å². The predicted molar refractivity (Wildman–Crippen MR) is 124 cm³/mol. The lowest BCUT2D eigenvalue weighted by Gasteiger charge is -2.11. The average Bonchev–Trinajstić information content (AvgIpc) is 3.18. The lowest BCUT2D eigenvalue weighted by molar-refractivity contribution is -0.113. The normalized spacial score (nSPS) is 10.8. The van der Waals surface area contributed by atoms with Gasteiger partial charge in [0.1, 0.15) is 0 Å². The third kappa shape index (κ3) is 5.19. The number of benzene rings is 2. The number of rotatable bonds is 7. The summed E-state index contributed by atoms with van der Waals surface area (Å²) >= 11 is 1.38. The van der Waals surface area contributed by atoms with Crippen molar-refractivity contribution < 1.29 is 4.79 Å². The maximum Gasteiger partial charge on any atom is 0.234 e. The van der Waals surface area contributed by atoms with Crippen LogP contribution in [0, 0.1) is 13.8 Å². The summed E-state index contributed by atoms with van der Waals surface area (Å²) in [6.45, 7) is 4.64. The van der Waals surface area contributed by atoms with E-state index >= 15 is 0 Å². The van der Waals surface area contributed by atoms with Crippen molar-refractivity contribution in [2.24, 2.45) is 0 Å². The fourth-order valence-corrected chi connectivity index (χ4v) is 4.02. The molecule has 0 radical (unpaired) electrons. The van der Waals surface area contributed by atoms with Crippen molar-refractivity contribution in [1.82, 2.24) is 19.7 Å². The van der Waals surface area contributed by atoms with Gasteiger partial charge in [0.05, 0.1) is 12.3 Å². The molecule has 0 atom stereocenters. The third-order valence-corrected chi connectivity index (χ3v) is 5.78. The SMILES string of the molecule is Cc1ccc(NC(=O)CSc2nnc(-c3cccnc3)n2Cc2ccccc2)c(C)c1. The Labute approximate surface area is 185 Å². The van der Waals surface area contributed by atoms with E-state index in [0.717, 1.165) is 28.2 Å². The molecule has 0 unspecified atom stereocenters. The summed E-state index contributed by atoms with van der Waals surface area (Å²) in [4.78, 5) is 16.8. The molecule has 0 spiro atoms. The molecule has 0 fully saturated rings. The highest BCUT2D eigenvalue weighted by molar-refractivity contribution is 7.99. The van der Waals surface area contributed by atoms with Crippen molar-refractivity contribution in [2.45, 2.75) is 25.5 Å². The minimum atomic E-state index is -0.0749. The quantitative estimate of drug-likeness (QED) is 0.430. The van der Waals surface area contributed by atoms with Gasteiger partial charge in [0.2, 0.25) is 5.91 Å². The van der Waals surface area contributed by atoms with Gasteiger partial charge in [0.25, 0.3) is 0 Å². The number of hydrogen-bond acceptors (Lipinski definition) is 5. The first-order valence-corrected chi connectivity index (χ1v) is 11.0. The van der Waals surface area contributed by atoms with E-state index in [1.54, 1.807) is 12.4 Å². The van der Waals surface area contributed by atoms with E-state index < -0.39 is 0 Å². The van der Waals surface area contributed by atoms with Crippen molar-refractivity contribution in [3.63, 3.8) is 0 Å². The van der Waals surface area contributed by atoms with Gasteiger partial charge in [0, 0.05) is 23.6 Å². The smallest absolute Gasteiger partial charge is 0.234 e. The van der Waals surface area contributed by atoms with Crippen molar-refractivity contribution in [3.8, 4) is 11.4 Å². The molecule has 0 aliphatic heterocycles. The zero-order valence-electron chi connectivity index (χ0n) is 17.4. The van der Waals surface area contributed by atoms with Gasteiger partial charge in [-0.15, -0.1) is 10.2 Å². The van der Waals surface area contributed by atoms with E-state index in [1.165, 1.54) is 17.3 Å². The van der Waals surface area contributed by atoms with Crippen LogP contribution in [0.4, 0.5) is 5.69 Å². The Morgan fingerprint density at radius 2 is 1.87 bits per heavy atom. The highest BCUT2D eigenvalue weighted by Crippen LogP contribution is 2.25. The molecule has 156 valence electrons. The van der Waals surface area contributed by atoms with Crippen LogP contribution in [0.5, 0.6) is 0 Å². The number of amides is 1. The molecule has 0 bridgehead atoms. The molecule has 0 aliphatic rings. The molecule has 31 heavy (non-hydrogen) atoms. The number of thioether (sulfide) groups is 1. The van der Waals surface area contributed by atoms with Crippen LogP contribution >= 0.6 is 11.8 Å². The van der Waals surface area contributed by atoms with Crippen LogP contribution in [0.25, 0.3) is 11.4 Å². The highest BCUT2D eigenvalue weighted by atomic mass is 32.2. The van der Waals surface area contributed by atoms with Gasteiger partial charge >= 0.3 is 0 Å². The summed E-state index contributed by atoms with van der Waals surface area (Å²) in [6, 6.07) is 20.0. The standard InChI is InChI=1S/C24H23N5OS/c1-17-10-11-21(18(2)13-17)26-22(30)16-31-24-28-27-23(20-9-6-12-25-14-20)29(24)15-19-7-4-3-5-8-19/h3-14H,15-16H2,1-2H3,(H,26,30). The van der Waals surface area contributed by atoms with E-state index in [0.29, 0.717) is 11.7 Å². The summed E-state index contributed by atoms with van der Waals surface area (Å²) < 4.78 is 2.03. The first-order chi connectivity index (χ1) is 15.1. The van der Waals surface area contributed by atoms with Crippen LogP contribution in [0.2, 0.25) is 0 Å². The van der Waals surface area contributed by atoms with Crippen LogP contribution < -0.4 is 5.32 Å². The molecule has 0 saturated carbocycles. The molecule has 7 heteroatoms. The van der Waals surface area contributed by atoms with Crippen molar-refractivity contribution in [3.05, 3.63) is 89.7 Å². The Kier molecular flexibility index (Phi) is 6.43. The molecule has 1 N–H and O–H groups in total. The Hall–Kier alpha value is -3.45. The average molecular weight is 430 g/mol. The van der Waals surface area contributed by atoms with Crippen molar-refractivity contribution in [1.29, 1.82) is 0 Å². The summed E-state index contributed by atoms with van der Waals surface area (Å²) in [5.74, 6) is 0.899. The fourth-order valence-electron chi connectivity index (χ4n) is 3.28. The topological polar surface area (TPSA) is 72.7 Å². The lowest BCUT2D eigenvalue weighted by atomic mass is 10.1. The molecule has 2 aromatic heterocycles. The van der Waals surface area contributed by atoms with Gasteiger partial charge < -0.3 is 5.32 Å². The van der Waals surface area contributed by atoms with E-state index in [-0.39, 0.29) is 11.7 Å². The first-order valence-electron chi connectivity index (χ1n) is 9.97. The van der Waals surface area contributed by atoms with E-state index in [1.807, 2.05) is 60.9 Å². The van der Waals surface area contributed by atoms with E-state index in [2.05, 4.69) is 38.7 Å². The molecular weight excluding hydrogens is 406 g/mol. The van der Waals surface area contributed by atoms with Gasteiger partial charge in [0.15, 0.2) is 11.0 Å².